The third-order valence-electron chi connectivity index (χ3n) is 2.35. The highest BCUT2D eigenvalue weighted by atomic mass is 19.1. The molecule has 6 nitrogen and oxygen atoms in total. The Labute approximate surface area is 116 Å². The number of benzene rings is 1. The second-order valence-corrected chi connectivity index (χ2v) is 5.43. The van der Waals surface area contributed by atoms with E-state index in [4.69, 9.17) is 0 Å². The van der Waals surface area contributed by atoms with Gasteiger partial charge >= 0.3 is 0 Å². The van der Waals surface area contributed by atoms with Crippen LogP contribution < -0.4 is 10.6 Å². The molecule has 1 amide bonds. The molecule has 0 bridgehead atoms. The summed E-state index contributed by atoms with van der Waals surface area (Å²) >= 11 is 0. The number of rotatable bonds is 5. The highest BCUT2D eigenvalue weighted by Gasteiger charge is 2.16. The molecule has 1 rings (SSSR count). The van der Waals surface area contributed by atoms with Gasteiger partial charge in [0.25, 0.3) is 5.69 Å². The molecule has 0 radical (unpaired) electrons. The Morgan fingerprint density at radius 1 is 1.40 bits per heavy atom. The van der Waals surface area contributed by atoms with E-state index in [1.165, 1.54) is 0 Å². The lowest BCUT2D eigenvalue weighted by Gasteiger charge is -2.20. The van der Waals surface area contributed by atoms with Crippen LogP contribution in [0.2, 0.25) is 0 Å². The summed E-state index contributed by atoms with van der Waals surface area (Å²) in [7, 11) is 0. The first-order valence-corrected chi connectivity index (χ1v) is 6.13. The Morgan fingerprint density at radius 3 is 2.60 bits per heavy atom. The van der Waals surface area contributed by atoms with Gasteiger partial charge in [-0.1, -0.05) is 0 Å². The highest BCUT2D eigenvalue weighted by Crippen LogP contribution is 2.19. The Balaban J connectivity index is 2.60. The molecule has 110 valence electrons. The van der Waals surface area contributed by atoms with Crippen molar-refractivity contribution in [3.63, 3.8) is 0 Å². The topological polar surface area (TPSA) is 84.3 Å². The first kappa shape index (κ1) is 16.0. The molecule has 0 saturated heterocycles. The van der Waals surface area contributed by atoms with E-state index in [9.17, 15) is 19.3 Å². The van der Waals surface area contributed by atoms with Crippen molar-refractivity contribution >= 4 is 11.6 Å². The molecule has 2 N–H and O–H groups in total. The average molecular weight is 283 g/mol. The second-order valence-electron chi connectivity index (χ2n) is 5.43. The van der Waals surface area contributed by atoms with Crippen LogP contribution in [0.4, 0.5) is 10.1 Å². The van der Waals surface area contributed by atoms with Crippen LogP contribution in [0.15, 0.2) is 18.2 Å². The van der Waals surface area contributed by atoms with Crippen LogP contribution in [0.5, 0.6) is 0 Å². The SMILES string of the molecule is CC(C)(C)NC(=O)CNCc1cc(F)ccc1[N+](=O)[O-]. The minimum absolute atomic E-state index is 0.00490. The summed E-state index contributed by atoms with van der Waals surface area (Å²) in [6, 6.07) is 3.24. The number of halogens is 1. The minimum Gasteiger partial charge on any atom is -0.350 e. The normalized spacial score (nSPS) is 11.2. The Morgan fingerprint density at radius 2 is 2.05 bits per heavy atom. The van der Waals surface area contributed by atoms with Crippen LogP contribution in [0.1, 0.15) is 26.3 Å². The van der Waals surface area contributed by atoms with E-state index in [1.54, 1.807) is 0 Å². The zero-order chi connectivity index (χ0) is 15.3. The number of hydrogen-bond acceptors (Lipinski definition) is 4. The van der Waals surface area contributed by atoms with E-state index >= 15 is 0 Å². The van der Waals surface area contributed by atoms with Gasteiger partial charge in [0.1, 0.15) is 5.82 Å². The molecular weight excluding hydrogens is 265 g/mol. The molecule has 7 heteroatoms. The molecule has 0 aliphatic heterocycles. The molecule has 0 spiro atoms. The maximum atomic E-state index is 13.1. The predicted molar refractivity (Wildman–Crippen MR) is 72.7 cm³/mol. The van der Waals surface area contributed by atoms with Gasteiger partial charge < -0.3 is 10.6 Å². The van der Waals surface area contributed by atoms with Gasteiger partial charge in [-0.3, -0.25) is 14.9 Å². The van der Waals surface area contributed by atoms with Crippen molar-refractivity contribution in [2.45, 2.75) is 32.9 Å². The van der Waals surface area contributed by atoms with Crippen LogP contribution >= 0.6 is 0 Å². The minimum atomic E-state index is -0.578. The van der Waals surface area contributed by atoms with E-state index < -0.39 is 10.7 Å². The molecule has 0 aromatic heterocycles. The zero-order valence-corrected chi connectivity index (χ0v) is 11.7. The van der Waals surface area contributed by atoms with Gasteiger partial charge in [0.15, 0.2) is 0 Å². The van der Waals surface area contributed by atoms with Gasteiger partial charge in [0.2, 0.25) is 5.91 Å². The quantitative estimate of drug-likeness (QED) is 0.636. The molecule has 0 unspecified atom stereocenters. The molecule has 0 atom stereocenters. The van der Waals surface area contributed by atoms with Gasteiger partial charge in [0, 0.05) is 23.7 Å². The smallest absolute Gasteiger partial charge is 0.274 e. The largest absolute Gasteiger partial charge is 0.350 e. The lowest BCUT2D eigenvalue weighted by Crippen LogP contribution is -2.44. The van der Waals surface area contributed by atoms with E-state index in [-0.39, 0.29) is 35.8 Å². The van der Waals surface area contributed by atoms with Crippen molar-refractivity contribution in [2.24, 2.45) is 0 Å². The Hall–Kier alpha value is -2.02. The van der Waals surface area contributed by atoms with Crippen molar-refractivity contribution in [1.29, 1.82) is 0 Å². The molecular formula is C13H18FN3O3. The summed E-state index contributed by atoms with van der Waals surface area (Å²) in [5.74, 6) is -0.775. The number of nitro benzene ring substituents is 1. The summed E-state index contributed by atoms with van der Waals surface area (Å²) < 4.78 is 13.1. The summed E-state index contributed by atoms with van der Waals surface area (Å²) in [4.78, 5) is 21.8. The standard InChI is InChI=1S/C13H18FN3O3/c1-13(2,3)16-12(18)8-15-7-9-6-10(14)4-5-11(9)17(19)20/h4-6,15H,7-8H2,1-3H3,(H,16,18). The lowest BCUT2D eigenvalue weighted by molar-refractivity contribution is -0.385. The number of carbonyl (C=O) groups is 1. The number of hydrogen-bond donors (Lipinski definition) is 2. The molecule has 1 aromatic rings. The molecule has 1 aromatic carbocycles. The zero-order valence-electron chi connectivity index (χ0n) is 11.7. The van der Waals surface area contributed by atoms with Crippen molar-refractivity contribution < 1.29 is 14.1 Å². The van der Waals surface area contributed by atoms with Crippen molar-refractivity contribution in [2.75, 3.05) is 6.54 Å². The first-order valence-electron chi connectivity index (χ1n) is 6.13. The van der Waals surface area contributed by atoms with Crippen LogP contribution in [0, 0.1) is 15.9 Å². The number of nitrogens with one attached hydrogen (secondary N) is 2. The summed E-state index contributed by atoms with van der Waals surface area (Å²) in [6.07, 6.45) is 0. The summed E-state index contributed by atoms with van der Waals surface area (Å²) in [5, 5.41) is 16.3. The Kier molecular flexibility index (Phi) is 5.15. The van der Waals surface area contributed by atoms with Crippen LogP contribution in [0.3, 0.4) is 0 Å². The highest BCUT2D eigenvalue weighted by molar-refractivity contribution is 5.78. The van der Waals surface area contributed by atoms with E-state index in [0.29, 0.717) is 0 Å². The summed E-state index contributed by atoms with van der Waals surface area (Å²) in [6.45, 7) is 5.60. The predicted octanol–water partition coefficient (Wildman–Crippen LogP) is 1.74. The van der Waals surface area contributed by atoms with Gasteiger partial charge in [-0.25, -0.2) is 4.39 Å². The second kappa shape index (κ2) is 6.42. The van der Waals surface area contributed by atoms with Crippen LogP contribution in [-0.2, 0) is 11.3 Å². The number of nitro groups is 1. The number of carbonyl (C=O) groups excluding carboxylic acids is 1. The van der Waals surface area contributed by atoms with Crippen LogP contribution in [0.25, 0.3) is 0 Å². The third-order valence-corrected chi connectivity index (χ3v) is 2.35. The van der Waals surface area contributed by atoms with E-state index in [1.807, 2.05) is 20.8 Å². The maximum absolute atomic E-state index is 13.1. The number of amides is 1. The summed E-state index contributed by atoms with van der Waals surface area (Å²) in [5.41, 5.74) is -0.308. The molecule has 20 heavy (non-hydrogen) atoms. The molecule has 0 aliphatic rings. The van der Waals surface area contributed by atoms with Gasteiger partial charge in [0.05, 0.1) is 11.5 Å². The Bertz CT molecular complexity index is 512. The van der Waals surface area contributed by atoms with E-state index in [2.05, 4.69) is 10.6 Å². The van der Waals surface area contributed by atoms with E-state index in [0.717, 1.165) is 18.2 Å². The first-order chi connectivity index (χ1) is 9.19. The van der Waals surface area contributed by atoms with Gasteiger partial charge in [-0.05, 0) is 32.9 Å². The van der Waals surface area contributed by atoms with Crippen molar-refractivity contribution in [3.05, 3.63) is 39.7 Å². The van der Waals surface area contributed by atoms with Gasteiger partial charge in [-0.15, -0.1) is 0 Å². The van der Waals surface area contributed by atoms with Crippen molar-refractivity contribution in [1.82, 2.24) is 10.6 Å². The molecule has 0 aliphatic carbocycles. The molecule has 0 saturated carbocycles. The fourth-order valence-electron chi connectivity index (χ4n) is 1.65. The van der Waals surface area contributed by atoms with Crippen molar-refractivity contribution in [3.8, 4) is 0 Å². The average Bonchev–Trinajstić information content (AvgIpc) is 2.26. The third kappa shape index (κ3) is 5.31. The van der Waals surface area contributed by atoms with Gasteiger partial charge in [-0.2, -0.15) is 0 Å². The fraction of sp³-hybridized carbons (Fsp3) is 0.462. The lowest BCUT2D eigenvalue weighted by atomic mass is 10.1. The number of nitrogens with zero attached hydrogens (tertiary/aromatic N) is 1. The molecule has 0 heterocycles. The fourth-order valence-corrected chi connectivity index (χ4v) is 1.65. The monoisotopic (exact) mass is 283 g/mol. The maximum Gasteiger partial charge on any atom is 0.274 e. The molecule has 0 fully saturated rings. The van der Waals surface area contributed by atoms with Crippen LogP contribution in [-0.4, -0.2) is 22.9 Å².